The summed E-state index contributed by atoms with van der Waals surface area (Å²) in [5, 5.41) is 17.7. The first-order chi connectivity index (χ1) is 10.1. The maximum absolute atomic E-state index is 12.4. The summed E-state index contributed by atoms with van der Waals surface area (Å²) < 4.78 is 24.9. The van der Waals surface area contributed by atoms with Gasteiger partial charge in [-0.3, -0.25) is 14.6 Å². The second kappa shape index (κ2) is 9.00. The van der Waals surface area contributed by atoms with Crippen LogP contribution in [0.4, 0.5) is 14.5 Å². The second-order valence-electron chi connectivity index (χ2n) is 4.32. The van der Waals surface area contributed by atoms with E-state index in [1.807, 2.05) is 6.07 Å². The number of hydrogen-bond acceptors (Lipinski definition) is 4. The maximum Gasteiger partial charge on any atom is 0.251 e. The molecule has 0 aliphatic carbocycles. The van der Waals surface area contributed by atoms with Crippen LogP contribution >= 0.6 is 0 Å². The molecule has 0 fully saturated rings. The van der Waals surface area contributed by atoms with Gasteiger partial charge in [0.1, 0.15) is 6.54 Å². The van der Waals surface area contributed by atoms with Crippen LogP contribution in [-0.4, -0.2) is 55.1 Å². The van der Waals surface area contributed by atoms with Gasteiger partial charge in [-0.25, -0.2) is 8.78 Å². The van der Waals surface area contributed by atoms with E-state index in [1.54, 1.807) is 30.3 Å². The predicted molar refractivity (Wildman–Crippen MR) is 73.9 cm³/mol. The summed E-state index contributed by atoms with van der Waals surface area (Å²) in [7, 11) is 0. The van der Waals surface area contributed by atoms with Gasteiger partial charge in [-0.2, -0.15) is 5.26 Å². The van der Waals surface area contributed by atoms with Crippen molar-refractivity contribution in [3.63, 3.8) is 0 Å². The van der Waals surface area contributed by atoms with Crippen molar-refractivity contribution in [2.45, 2.75) is 6.43 Å². The molecule has 0 saturated heterocycles. The van der Waals surface area contributed by atoms with Gasteiger partial charge >= 0.3 is 0 Å². The Balaban J connectivity index is 2.78. The molecule has 7 heteroatoms. The molecule has 0 saturated carbocycles. The summed E-state index contributed by atoms with van der Waals surface area (Å²) in [6.07, 6.45) is -2.59. The van der Waals surface area contributed by atoms with E-state index >= 15 is 0 Å². The Morgan fingerprint density at radius 3 is 2.52 bits per heavy atom. The molecule has 0 aliphatic heterocycles. The largest absolute Gasteiger partial charge is 0.395 e. The topological polar surface area (TPSA) is 67.6 Å². The quantitative estimate of drug-likeness (QED) is 0.730. The third-order valence-electron chi connectivity index (χ3n) is 2.77. The number of aliphatic hydroxyl groups excluding tert-OH is 1. The van der Waals surface area contributed by atoms with Crippen LogP contribution in [0.25, 0.3) is 0 Å². The van der Waals surface area contributed by atoms with E-state index in [4.69, 9.17) is 10.4 Å². The first-order valence-corrected chi connectivity index (χ1v) is 6.42. The van der Waals surface area contributed by atoms with Crippen LogP contribution in [-0.2, 0) is 4.79 Å². The lowest BCUT2D eigenvalue weighted by atomic mass is 10.2. The number of para-hydroxylation sites is 1. The van der Waals surface area contributed by atoms with E-state index in [1.165, 1.54) is 9.80 Å². The zero-order chi connectivity index (χ0) is 15.7. The summed E-state index contributed by atoms with van der Waals surface area (Å²) in [5.41, 5.74) is 0.532. The highest BCUT2D eigenvalue weighted by Crippen LogP contribution is 2.13. The molecule has 1 amide bonds. The van der Waals surface area contributed by atoms with Crippen molar-refractivity contribution < 1.29 is 18.7 Å². The van der Waals surface area contributed by atoms with Gasteiger partial charge in [0.25, 0.3) is 6.43 Å². The molecule has 0 aliphatic rings. The zero-order valence-electron chi connectivity index (χ0n) is 11.5. The van der Waals surface area contributed by atoms with E-state index in [2.05, 4.69) is 0 Å². The zero-order valence-corrected chi connectivity index (χ0v) is 11.5. The van der Waals surface area contributed by atoms with Crippen LogP contribution in [0.15, 0.2) is 30.3 Å². The summed E-state index contributed by atoms with van der Waals surface area (Å²) in [4.78, 5) is 14.6. The molecule has 1 aromatic carbocycles. The average Bonchev–Trinajstić information content (AvgIpc) is 2.45. The molecule has 5 nitrogen and oxygen atoms in total. The highest BCUT2D eigenvalue weighted by Gasteiger charge is 2.20. The minimum Gasteiger partial charge on any atom is -0.395 e. The summed E-state index contributed by atoms with van der Waals surface area (Å²) in [5.74, 6) is -0.461. The number of nitriles is 1. The number of amides is 1. The van der Waals surface area contributed by atoms with E-state index in [-0.39, 0.29) is 26.2 Å². The standard InChI is InChI=1S/C14H17F2N3O2/c15-13(16)10-18(8-9-20)11-14(21)19(7-6-17)12-4-2-1-3-5-12/h1-5,13,20H,7-11H2. The number of rotatable bonds is 8. The highest BCUT2D eigenvalue weighted by atomic mass is 19.3. The first kappa shape index (κ1) is 17.0. The molecule has 0 atom stereocenters. The second-order valence-corrected chi connectivity index (χ2v) is 4.32. The molecule has 21 heavy (non-hydrogen) atoms. The third-order valence-corrected chi connectivity index (χ3v) is 2.77. The third kappa shape index (κ3) is 5.85. The number of halogens is 2. The van der Waals surface area contributed by atoms with Crippen molar-refractivity contribution in [1.29, 1.82) is 5.26 Å². The van der Waals surface area contributed by atoms with Crippen molar-refractivity contribution in [1.82, 2.24) is 4.90 Å². The van der Waals surface area contributed by atoms with Gasteiger partial charge in [0.2, 0.25) is 5.91 Å². The lowest BCUT2D eigenvalue weighted by Gasteiger charge is -2.25. The van der Waals surface area contributed by atoms with Crippen LogP contribution in [0, 0.1) is 11.3 Å². The Labute approximate surface area is 122 Å². The van der Waals surface area contributed by atoms with Crippen LogP contribution in [0.5, 0.6) is 0 Å². The SMILES string of the molecule is N#CCN(C(=O)CN(CCO)CC(F)F)c1ccccc1. The van der Waals surface area contributed by atoms with Crippen molar-refractivity contribution >= 4 is 11.6 Å². The molecule has 1 rings (SSSR count). The molecule has 0 heterocycles. The predicted octanol–water partition coefficient (Wildman–Crippen LogP) is 1.10. The molecule has 0 spiro atoms. The van der Waals surface area contributed by atoms with Crippen molar-refractivity contribution in [2.75, 3.05) is 37.7 Å². The van der Waals surface area contributed by atoms with Crippen molar-refractivity contribution in [3.8, 4) is 6.07 Å². The smallest absolute Gasteiger partial charge is 0.251 e. The molecular weight excluding hydrogens is 280 g/mol. The number of hydrogen-bond donors (Lipinski definition) is 1. The molecular formula is C14H17F2N3O2. The number of benzene rings is 1. The molecule has 0 bridgehead atoms. The number of carbonyl (C=O) groups is 1. The average molecular weight is 297 g/mol. The van der Waals surface area contributed by atoms with Crippen LogP contribution in [0.2, 0.25) is 0 Å². The Kier molecular flexibility index (Phi) is 7.29. The Bertz CT molecular complexity index is 477. The van der Waals surface area contributed by atoms with Gasteiger partial charge in [-0.15, -0.1) is 0 Å². The molecule has 0 aromatic heterocycles. The van der Waals surface area contributed by atoms with Crippen molar-refractivity contribution in [3.05, 3.63) is 30.3 Å². The number of carbonyl (C=O) groups excluding carboxylic acids is 1. The summed E-state index contributed by atoms with van der Waals surface area (Å²) in [6, 6.07) is 10.4. The fraction of sp³-hybridized carbons (Fsp3) is 0.429. The first-order valence-electron chi connectivity index (χ1n) is 6.42. The molecule has 1 N–H and O–H groups in total. The summed E-state index contributed by atoms with van der Waals surface area (Å²) >= 11 is 0. The Hall–Kier alpha value is -2.04. The van der Waals surface area contributed by atoms with Gasteiger partial charge in [-0.05, 0) is 12.1 Å². The summed E-state index contributed by atoms with van der Waals surface area (Å²) in [6.45, 7) is -1.37. The van der Waals surface area contributed by atoms with E-state index in [9.17, 15) is 13.6 Å². The number of nitrogens with zero attached hydrogens (tertiary/aromatic N) is 3. The normalized spacial score (nSPS) is 10.7. The van der Waals surface area contributed by atoms with E-state index in [0.717, 1.165) is 0 Å². The van der Waals surface area contributed by atoms with Gasteiger partial charge in [0.15, 0.2) is 0 Å². The number of alkyl halides is 2. The Morgan fingerprint density at radius 2 is 2.00 bits per heavy atom. The van der Waals surface area contributed by atoms with E-state index in [0.29, 0.717) is 5.69 Å². The van der Waals surface area contributed by atoms with Gasteiger partial charge in [0, 0.05) is 12.2 Å². The lowest BCUT2D eigenvalue weighted by Crippen LogP contribution is -2.43. The van der Waals surface area contributed by atoms with Crippen LogP contribution in [0.1, 0.15) is 0 Å². The monoisotopic (exact) mass is 297 g/mol. The number of aliphatic hydroxyl groups is 1. The molecule has 0 radical (unpaired) electrons. The maximum atomic E-state index is 12.4. The minimum absolute atomic E-state index is 0.0226. The van der Waals surface area contributed by atoms with Crippen LogP contribution < -0.4 is 4.90 Å². The number of anilines is 1. The lowest BCUT2D eigenvalue weighted by molar-refractivity contribution is -0.120. The van der Waals surface area contributed by atoms with Gasteiger partial charge in [0.05, 0.1) is 25.8 Å². The van der Waals surface area contributed by atoms with Crippen molar-refractivity contribution in [2.24, 2.45) is 0 Å². The molecule has 114 valence electrons. The molecule has 1 aromatic rings. The fourth-order valence-electron chi connectivity index (χ4n) is 1.85. The van der Waals surface area contributed by atoms with Crippen LogP contribution in [0.3, 0.4) is 0 Å². The molecule has 0 unspecified atom stereocenters. The Morgan fingerprint density at radius 1 is 1.33 bits per heavy atom. The van der Waals surface area contributed by atoms with E-state index < -0.39 is 18.9 Å². The fourth-order valence-corrected chi connectivity index (χ4v) is 1.85. The minimum atomic E-state index is -2.59. The van der Waals surface area contributed by atoms with Gasteiger partial charge < -0.3 is 5.11 Å². The van der Waals surface area contributed by atoms with Gasteiger partial charge in [-0.1, -0.05) is 18.2 Å². The highest BCUT2D eigenvalue weighted by molar-refractivity contribution is 5.95.